The summed E-state index contributed by atoms with van der Waals surface area (Å²) in [6.45, 7) is 1.78. The molecule has 7 nitrogen and oxygen atoms in total. The van der Waals surface area contributed by atoms with E-state index in [-0.39, 0.29) is 36.4 Å². The lowest BCUT2D eigenvalue weighted by Crippen LogP contribution is -2.13. The second-order valence-electron chi connectivity index (χ2n) is 3.65. The molecule has 0 heterocycles. The standard InChI is InChI=1S/C12H13N3O4/c1-2-19-11(16)5-8-3-4-9(6-13)12(15(17)18)10(8)7-14/h3-4H,2,5,7,14H2,1H3. The Morgan fingerprint density at radius 1 is 1.58 bits per heavy atom. The average molecular weight is 263 g/mol. The van der Waals surface area contributed by atoms with E-state index in [1.807, 2.05) is 0 Å². The van der Waals surface area contributed by atoms with Crippen LogP contribution in [-0.2, 0) is 22.5 Å². The number of ether oxygens (including phenoxy) is 1. The number of carbonyl (C=O) groups excluding carboxylic acids is 1. The third-order valence-electron chi connectivity index (χ3n) is 2.53. The Bertz CT molecular complexity index is 549. The minimum Gasteiger partial charge on any atom is -0.466 e. The molecule has 0 aliphatic heterocycles. The van der Waals surface area contributed by atoms with E-state index in [2.05, 4.69) is 0 Å². The molecule has 0 saturated carbocycles. The number of hydrogen-bond acceptors (Lipinski definition) is 6. The molecular weight excluding hydrogens is 250 g/mol. The quantitative estimate of drug-likeness (QED) is 0.481. The van der Waals surface area contributed by atoms with Crippen molar-refractivity contribution in [3.8, 4) is 6.07 Å². The van der Waals surface area contributed by atoms with Gasteiger partial charge < -0.3 is 10.5 Å². The summed E-state index contributed by atoms with van der Waals surface area (Å²) in [5, 5.41) is 19.9. The first-order valence-electron chi connectivity index (χ1n) is 5.60. The van der Waals surface area contributed by atoms with Gasteiger partial charge in [-0.2, -0.15) is 5.26 Å². The fraction of sp³-hybridized carbons (Fsp3) is 0.333. The summed E-state index contributed by atoms with van der Waals surface area (Å²) in [7, 11) is 0. The van der Waals surface area contributed by atoms with Gasteiger partial charge in [-0.3, -0.25) is 14.9 Å². The molecule has 0 aliphatic rings. The van der Waals surface area contributed by atoms with Crippen molar-refractivity contribution in [2.75, 3.05) is 6.61 Å². The first kappa shape index (κ1) is 14.6. The lowest BCUT2D eigenvalue weighted by molar-refractivity contribution is -0.385. The van der Waals surface area contributed by atoms with Crippen LogP contribution in [0.3, 0.4) is 0 Å². The fourth-order valence-corrected chi connectivity index (χ4v) is 1.74. The number of benzene rings is 1. The predicted octanol–water partition coefficient (Wildman–Crippen LogP) is 1.03. The van der Waals surface area contributed by atoms with Gasteiger partial charge in [0.05, 0.1) is 18.0 Å². The Hall–Kier alpha value is -2.46. The highest BCUT2D eigenvalue weighted by Gasteiger charge is 2.23. The molecule has 0 amide bonds. The molecule has 1 aromatic rings. The third kappa shape index (κ3) is 3.26. The molecule has 0 bridgehead atoms. The van der Waals surface area contributed by atoms with E-state index >= 15 is 0 Å². The number of carbonyl (C=O) groups is 1. The van der Waals surface area contributed by atoms with E-state index in [1.54, 1.807) is 13.0 Å². The predicted molar refractivity (Wildman–Crippen MR) is 66.0 cm³/mol. The minimum absolute atomic E-state index is 0.0712. The number of esters is 1. The molecule has 0 spiro atoms. The van der Waals surface area contributed by atoms with Gasteiger partial charge in [0.15, 0.2) is 0 Å². The van der Waals surface area contributed by atoms with E-state index in [9.17, 15) is 14.9 Å². The molecule has 0 radical (unpaired) electrons. The summed E-state index contributed by atoms with van der Waals surface area (Å²) >= 11 is 0. The number of nitro benzene ring substituents is 1. The van der Waals surface area contributed by atoms with Crippen LogP contribution in [0, 0.1) is 21.4 Å². The Morgan fingerprint density at radius 2 is 2.26 bits per heavy atom. The average Bonchev–Trinajstić information content (AvgIpc) is 2.38. The fourth-order valence-electron chi connectivity index (χ4n) is 1.74. The number of hydrogen-bond donors (Lipinski definition) is 1. The van der Waals surface area contributed by atoms with Crippen molar-refractivity contribution in [2.45, 2.75) is 19.9 Å². The summed E-state index contributed by atoms with van der Waals surface area (Å²) in [6, 6.07) is 4.55. The van der Waals surface area contributed by atoms with Crippen LogP contribution in [0.1, 0.15) is 23.6 Å². The van der Waals surface area contributed by atoms with Crippen molar-refractivity contribution in [2.24, 2.45) is 5.73 Å². The van der Waals surface area contributed by atoms with Gasteiger partial charge in [0.25, 0.3) is 5.69 Å². The molecule has 1 aromatic carbocycles. The van der Waals surface area contributed by atoms with Gasteiger partial charge in [0.1, 0.15) is 11.6 Å². The first-order chi connectivity index (χ1) is 9.04. The zero-order chi connectivity index (χ0) is 14.4. The van der Waals surface area contributed by atoms with Crippen LogP contribution in [0.25, 0.3) is 0 Å². The van der Waals surface area contributed by atoms with Crippen molar-refractivity contribution < 1.29 is 14.5 Å². The molecular formula is C12H13N3O4. The van der Waals surface area contributed by atoms with E-state index in [0.717, 1.165) is 0 Å². The molecule has 19 heavy (non-hydrogen) atoms. The summed E-state index contributed by atoms with van der Waals surface area (Å²) in [5.74, 6) is -0.490. The Balaban J connectivity index is 3.28. The second kappa shape index (κ2) is 6.47. The van der Waals surface area contributed by atoms with Crippen molar-refractivity contribution in [1.29, 1.82) is 5.26 Å². The van der Waals surface area contributed by atoms with E-state index in [1.165, 1.54) is 12.1 Å². The normalized spacial score (nSPS) is 9.74. The third-order valence-corrected chi connectivity index (χ3v) is 2.53. The summed E-state index contributed by atoms with van der Waals surface area (Å²) < 4.78 is 4.79. The van der Waals surface area contributed by atoms with Crippen molar-refractivity contribution in [3.63, 3.8) is 0 Å². The Kier molecular flexibility index (Phi) is 4.97. The van der Waals surface area contributed by atoms with Gasteiger partial charge >= 0.3 is 5.97 Å². The smallest absolute Gasteiger partial charge is 0.310 e. The Labute approximate surface area is 109 Å². The van der Waals surface area contributed by atoms with Gasteiger partial charge in [-0.05, 0) is 18.6 Å². The van der Waals surface area contributed by atoms with Crippen LogP contribution < -0.4 is 5.73 Å². The number of nitriles is 1. The molecule has 0 aromatic heterocycles. The molecule has 0 saturated heterocycles. The van der Waals surface area contributed by atoms with E-state index < -0.39 is 10.9 Å². The van der Waals surface area contributed by atoms with Crippen LogP contribution in [0.15, 0.2) is 12.1 Å². The van der Waals surface area contributed by atoms with Crippen molar-refractivity contribution in [3.05, 3.63) is 38.9 Å². The highest BCUT2D eigenvalue weighted by atomic mass is 16.6. The van der Waals surface area contributed by atoms with Crippen LogP contribution in [0.5, 0.6) is 0 Å². The SMILES string of the molecule is CCOC(=O)Cc1ccc(C#N)c([N+](=O)[O-])c1CN. The maximum Gasteiger partial charge on any atom is 0.310 e. The first-order valence-corrected chi connectivity index (χ1v) is 5.60. The maximum atomic E-state index is 11.4. The monoisotopic (exact) mass is 263 g/mol. The van der Waals surface area contributed by atoms with E-state index in [4.69, 9.17) is 15.7 Å². The van der Waals surface area contributed by atoms with Gasteiger partial charge in [-0.15, -0.1) is 0 Å². The molecule has 0 aliphatic carbocycles. The van der Waals surface area contributed by atoms with Gasteiger partial charge in [-0.25, -0.2) is 0 Å². The van der Waals surface area contributed by atoms with Crippen LogP contribution in [0.4, 0.5) is 5.69 Å². The highest BCUT2D eigenvalue weighted by Crippen LogP contribution is 2.27. The summed E-state index contributed by atoms with van der Waals surface area (Å²) in [6.07, 6.45) is -0.104. The zero-order valence-corrected chi connectivity index (χ0v) is 10.4. The number of rotatable bonds is 5. The molecule has 0 atom stereocenters. The second-order valence-corrected chi connectivity index (χ2v) is 3.65. The molecule has 0 unspecified atom stereocenters. The molecule has 1 rings (SSSR count). The lowest BCUT2D eigenvalue weighted by atomic mass is 9.99. The molecule has 7 heteroatoms. The molecule has 0 fully saturated rings. The van der Waals surface area contributed by atoms with Crippen molar-refractivity contribution in [1.82, 2.24) is 0 Å². The minimum atomic E-state index is -0.657. The topological polar surface area (TPSA) is 119 Å². The molecule has 100 valence electrons. The lowest BCUT2D eigenvalue weighted by Gasteiger charge is -2.09. The zero-order valence-electron chi connectivity index (χ0n) is 10.4. The highest BCUT2D eigenvalue weighted by molar-refractivity contribution is 5.74. The summed E-state index contributed by atoms with van der Waals surface area (Å²) in [4.78, 5) is 21.8. The van der Waals surface area contributed by atoms with Crippen LogP contribution in [-0.4, -0.2) is 17.5 Å². The van der Waals surface area contributed by atoms with Gasteiger partial charge in [0.2, 0.25) is 0 Å². The number of nitrogens with zero attached hydrogens (tertiary/aromatic N) is 2. The van der Waals surface area contributed by atoms with Gasteiger partial charge in [-0.1, -0.05) is 6.07 Å². The van der Waals surface area contributed by atoms with Crippen molar-refractivity contribution >= 4 is 11.7 Å². The number of nitrogens with two attached hydrogens (primary N) is 1. The van der Waals surface area contributed by atoms with Gasteiger partial charge in [0, 0.05) is 12.1 Å². The Morgan fingerprint density at radius 3 is 2.74 bits per heavy atom. The number of nitro groups is 1. The van der Waals surface area contributed by atoms with E-state index in [0.29, 0.717) is 5.56 Å². The summed E-state index contributed by atoms with van der Waals surface area (Å²) in [5.41, 5.74) is 5.69. The molecule has 2 N–H and O–H groups in total. The largest absolute Gasteiger partial charge is 0.466 e. The van der Waals surface area contributed by atoms with Crippen LogP contribution >= 0.6 is 0 Å². The van der Waals surface area contributed by atoms with Crippen LogP contribution in [0.2, 0.25) is 0 Å². The maximum absolute atomic E-state index is 11.4.